The van der Waals surface area contributed by atoms with E-state index in [9.17, 15) is 4.79 Å². The second-order valence-electron chi connectivity index (χ2n) is 6.31. The zero-order valence-corrected chi connectivity index (χ0v) is 12.7. The van der Waals surface area contributed by atoms with E-state index in [2.05, 4.69) is 25.1 Å². The van der Waals surface area contributed by atoms with Crippen LogP contribution in [-0.4, -0.2) is 42.2 Å². The van der Waals surface area contributed by atoms with Crippen molar-refractivity contribution in [2.75, 3.05) is 26.8 Å². The van der Waals surface area contributed by atoms with Gasteiger partial charge in [-0.2, -0.15) is 0 Å². The lowest BCUT2D eigenvalue weighted by atomic mass is 9.91. The molecule has 1 unspecified atom stereocenters. The van der Waals surface area contributed by atoms with Crippen LogP contribution in [0.2, 0.25) is 0 Å². The first kappa shape index (κ1) is 14.1. The fourth-order valence-corrected chi connectivity index (χ4v) is 3.23. The Labute approximate surface area is 125 Å². The van der Waals surface area contributed by atoms with Gasteiger partial charge in [0.2, 0.25) is 5.91 Å². The van der Waals surface area contributed by atoms with Gasteiger partial charge in [0.05, 0.1) is 6.61 Å². The lowest BCUT2D eigenvalue weighted by Gasteiger charge is -2.23. The zero-order valence-electron chi connectivity index (χ0n) is 12.7. The molecule has 1 saturated heterocycles. The van der Waals surface area contributed by atoms with E-state index in [0.29, 0.717) is 13.2 Å². The molecule has 1 aromatic carbocycles. The topological polar surface area (TPSA) is 34.5 Å². The summed E-state index contributed by atoms with van der Waals surface area (Å²) in [4.78, 5) is 14.5. The molecule has 112 valence electrons. The number of hydrogen-bond acceptors (Lipinski definition) is 2. The minimum Gasteiger partial charge on any atom is -0.384 e. The highest BCUT2D eigenvalue weighted by Crippen LogP contribution is 2.30. The maximum Gasteiger partial charge on any atom is 0.242 e. The molecule has 0 N–H and O–H groups in total. The number of carbonyl (C=O) groups excluding carboxylic acids is 1. The third-order valence-corrected chi connectivity index (χ3v) is 4.39. The van der Waals surface area contributed by atoms with Crippen molar-refractivity contribution in [1.29, 1.82) is 0 Å². The van der Waals surface area contributed by atoms with Crippen LogP contribution in [-0.2, 0) is 16.1 Å². The molecule has 4 heteroatoms. The van der Waals surface area contributed by atoms with Crippen LogP contribution in [0.15, 0.2) is 36.5 Å². The fraction of sp³-hybridized carbons (Fsp3) is 0.471. The number of fused-ring (bicyclic) bond motifs is 1. The highest BCUT2D eigenvalue weighted by Gasteiger charge is 2.35. The maximum absolute atomic E-state index is 12.5. The Morgan fingerprint density at radius 1 is 1.33 bits per heavy atom. The second kappa shape index (κ2) is 5.53. The SMILES string of the molecule is COCC1(C)CCN(C(=O)Cn2ccc3ccccc32)C1. The number of rotatable bonds is 4. The smallest absolute Gasteiger partial charge is 0.242 e. The van der Waals surface area contributed by atoms with Gasteiger partial charge in [-0.3, -0.25) is 4.79 Å². The number of nitrogens with zero attached hydrogens (tertiary/aromatic N) is 2. The van der Waals surface area contributed by atoms with Gasteiger partial charge in [0.1, 0.15) is 6.54 Å². The molecule has 0 bridgehead atoms. The number of likely N-dealkylation sites (tertiary alicyclic amines) is 1. The van der Waals surface area contributed by atoms with Crippen molar-refractivity contribution in [2.24, 2.45) is 5.41 Å². The molecule has 2 aromatic rings. The number of methoxy groups -OCH3 is 1. The summed E-state index contributed by atoms with van der Waals surface area (Å²) in [5, 5.41) is 1.18. The van der Waals surface area contributed by atoms with Gasteiger partial charge < -0.3 is 14.2 Å². The van der Waals surface area contributed by atoms with Crippen LogP contribution >= 0.6 is 0 Å². The molecule has 0 aliphatic carbocycles. The summed E-state index contributed by atoms with van der Waals surface area (Å²) in [7, 11) is 1.72. The number of para-hydroxylation sites is 1. The minimum absolute atomic E-state index is 0.100. The van der Waals surface area contributed by atoms with Gasteiger partial charge in [0.25, 0.3) is 0 Å². The Hall–Kier alpha value is -1.81. The van der Waals surface area contributed by atoms with Gasteiger partial charge >= 0.3 is 0 Å². The first-order chi connectivity index (χ1) is 10.1. The Balaban J connectivity index is 1.70. The Morgan fingerprint density at radius 3 is 2.95 bits per heavy atom. The van der Waals surface area contributed by atoms with Crippen molar-refractivity contribution in [3.63, 3.8) is 0 Å². The van der Waals surface area contributed by atoms with E-state index >= 15 is 0 Å². The molecule has 1 aliphatic rings. The zero-order chi connectivity index (χ0) is 14.9. The van der Waals surface area contributed by atoms with Crippen molar-refractivity contribution in [3.05, 3.63) is 36.5 Å². The molecule has 3 rings (SSSR count). The summed E-state index contributed by atoms with van der Waals surface area (Å²) in [5.41, 5.74) is 1.22. The predicted octanol–water partition coefficient (Wildman–Crippen LogP) is 2.53. The summed E-state index contributed by atoms with van der Waals surface area (Å²) in [6.45, 7) is 4.94. The number of carbonyl (C=O) groups is 1. The Bertz CT molecular complexity index is 649. The second-order valence-corrected chi connectivity index (χ2v) is 6.31. The number of aromatic nitrogens is 1. The number of amides is 1. The normalized spacial score (nSPS) is 22.1. The number of ether oxygens (including phenoxy) is 1. The first-order valence-corrected chi connectivity index (χ1v) is 7.42. The molecule has 0 saturated carbocycles. The van der Waals surface area contributed by atoms with E-state index in [1.807, 2.05) is 27.8 Å². The molecule has 1 atom stereocenters. The molecule has 4 nitrogen and oxygen atoms in total. The van der Waals surface area contributed by atoms with E-state index < -0.39 is 0 Å². The summed E-state index contributed by atoms with van der Waals surface area (Å²) in [6, 6.07) is 10.2. The quantitative estimate of drug-likeness (QED) is 0.865. The van der Waals surface area contributed by atoms with E-state index in [4.69, 9.17) is 4.74 Å². The molecule has 1 aromatic heterocycles. The van der Waals surface area contributed by atoms with E-state index in [-0.39, 0.29) is 11.3 Å². The third-order valence-electron chi connectivity index (χ3n) is 4.39. The predicted molar refractivity (Wildman–Crippen MR) is 83.1 cm³/mol. The van der Waals surface area contributed by atoms with Crippen LogP contribution < -0.4 is 0 Å². The Kier molecular flexibility index (Phi) is 3.72. The number of benzene rings is 1. The molecule has 21 heavy (non-hydrogen) atoms. The van der Waals surface area contributed by atoms with Crippen molar-refractivity contribution in [1.82, 2.24) is 9.47 Å². The first-order valence-electron chi connectivity index (χ1n) is 7.42. The third kappa shape index (κ3) is 2.81. The van der Waals surface area contributed by atoms with Gasteiger partial charge in [-0.1, -0.05) is 25.1 Å². The molecule has 0 radical (unpaired) electrons. The van der Waals surface area contributed by atoms with Crippen molar-refractivity contribution in [3.8, 4) is 0 Å². The van der Waals surface area contributed by atoms with Gasteiger partial charge in [0, 0.05) is 37.3 Å². The monoisotopic (exact) mass is 286 g/mol. The van der Waals surface area contributed by atoms with E-state index in [1.54, 1.807) is 7.11 Å². The summed E-state index contributed by atoms with van der Waals surface area (Å²) in [6.07, 6.45) is 3.01. The molecule has 1 aliphatic heterocycles. The molecular formula is C17H22N2O2. The lowest BCUT2D eigenvalue weighted by molar-refractivity contribution is -0.131. The maximum atomic E-state index is 12.5. The molecule has 2 heterocycles. The molecule has 0 spiro atoms. The van der Waals surface area contributed by atoms with Gasteiger partial charge in [0.15, 0.2) is 0 Å². The van der Waals surface area contributed by atoms with Crippen molar-refractivity contribution in [2.45, 2.75) is 19.9 Å². The average molecular weight is 286 g/mol. The van der Waals surface area contributed by atoms with Gasteiger partial charge in [-0.05, 0) is 23.9 Å². The number of hydrogen-bond donors (Lipinski definition) is 0. The fourth-order valence-electron chi connectivity index (χ4n) is 3.23. The molecule has 1 amide bonds. The molecular weight excluding hydrogens is 264 g/mol. The summed E-state index contributed by atoms with van der Waals surface area (Å²) in [5.74, 6) is 0.191. The minimum atomic E-state index is 0.100. The van der Waals surface area contributed by atoms with Crippen molar-refractivity contribution >= 4 is 16.8 Å². The van der Waals surface area contributed by atoms with E-state index in [0.717, 1.165) is 25.0 Å². The van der Waals surface area contributed by atoms with Crippen LogP contribution in [0.4, 0.5) is 0 Å². The highest BCUT2D eigenvalue weighted by molar-refractivity contribution is 5.83. The Morgan fingerprint density at radius 2 is 2.14 bits per heavy atom. The van der Waals surface area contributed by atoms with Crippen LogP contribution in [0.5, 0.6) is 0 Å². The van der Waals surface area contributed by atoms with Crippen LogP contribution in [0.1, 0.15) is 13.3 Å². The standard InChI is InChI=1S/C17H22N2O2/c1-17(13-21-2)8-10-19(12-17)16(20)11-18-9-7-14-5-3-4-6-15(14)18/h3-7,9H,8,10-13H2,1-2H3. The van der Waals surface area contributed by atoms with Crippen LogP contribution in [0.25, 0.3) is 10.9 Å². The lowest BCUT2D eigenvalue weighted by Crippen LogP contribution is -2.34. The van der Waals surface area contributed by atoms with Crippen LogP contribution in [0.3, 0.4) is 0 Å². The van der Waals surface area contributed by atoms with Gasteiger partial charge in [-0.15, -0.1) is 0 Å². The summed E-state index contributed by atoms with van der Waals surface area (Å²) >= 11 is 0. The van der Waals surface area contributed by atoms with Crippen LogP contribution in [0, 0.1) is 5.41 Å². The highest BCUT2D eigenvalue weighted by atomic mass is 16.5. The van der Waals surface area contributed by atoms with Gasteiger partial charge in [-0.25, -0.2) is 0 Å². The largest absolute Gasteiger partial charge is 0.384 e. The summed E-state index contributed by atoms with van der Waals surface area (Å²) < 4.78 is 7.31. The van der Waals surface area contributed by atoms with E-state index in [1.165, 1.54) is 5.39 Å². The van der Waals surface area contributed by atoms with Crippen molar-refractivity contribution < 1.29 is 9.53 Å². The molecule has 1 fully saturated rings. The average Bonchev–Trinajstić information content (AvgIpc) is 3.04.